The van der Waals surface area contributed by atoms with Gasteiger partial charge < -0.3 is 0 Å². The number of nitrogens with zero attached hydrogens (tertiary/aromatic N) is 1. The van der Waals surface area contributed by atoms with Gasteiger partial charge in [0, 0.05) is 10.4 Å². The van der Waals surface area contributed by atoms with E-state index in [1.807, 2.05) is 0 Å². The summed E-state index contributed by atoms with van der Waals surface area (Å²) in [7, 11) is 0. The van der Waals surface area contributed by atoms with Crippen molar-refractivity contribution < 1.29 is 0 Å². The molecule has 0 radical (unpaired) electrons. The summed E-state index contributed by atoms with van der Waals surface area (Å²) in [5.41, 5.74) is 2.57. The minimum Gasteiger partial charge on any atom is -0.229 e. The number of benzene rings is 1. The van der Waals surface area contributed by atoms with Crippen molar-refractivity contribution >= 4 is 27.3 Å². The van der Waals surface area contributed by atoms with Gasteiger partial charge in [0.25, 0.3) is 0 Å². The molecular weight excluding hydrogens is 270 g/mol. The first-order chi connectivity index (χ1) is 7.20. The van der Waals surface area contributed by atoms with Gasteiger partial charge in [-0.2, -0.15) is 0 Å². The second-order valence-electron chi connectivity index (χ2n) is 3.42. The van der Waals surface area contributed by atoms with Crippen LogP contribution in [0.5, 0.6) is 0 Å². The average Bonchev–Trinajstić information content (AvgIpc) is 2.59. The third-order valence-corrected chi connectivity index (χ3v) is 4.40. The van der Waals surface area contributed by atoms with Crippen molar-refractivity contribution in [2.75, 3.05) is 0 Å². The van der Waals surface area contributed by atoms with Crippen molar-refractivity contribution in [3.05, 3.63) is 39.3 Å². The summed E-state index contributed by atoms with van der Waals surface area (Å²) in [6.07, 6.45) is 1.08. The number of rotatable bonds is 2. The molecule has 2 rings (SSSR count). The van der Waals surface area contributed by atoms with Gasteiger partial charge in [-0.1, -0.05) is 31.2 Å². The molecule has 0 bridgehead atoms. The maximum Gasteiger partial charge on any atom is 0.124 e. The number of aryl methyl sites for hydroxylation is 2. The molecule has 0 amide bonds. The van der Waals surface area contributed by atoms with Crippen molar-refractivity contribution in [2.45, 2.75) is 20.3 Å². The van der Waals surface area contributed by atoms with Crippen LogP contribution in [0.1, 0.15) is 17.4 Å². The lowest BCUT2D eigenvalue weighted by Gasteiger charge is -1.98. The van der Waals surface area contributed by atoms with Crippen LogP contribution in [0.25, 0.3) is 10.6 Å². The molecule has 0 spiro atoms. The van der Waals surface area contributed by atoms with E-state index in [4.69, 9.17) is 0 Å². The minimum absolute atomic E-state index is 0.960. The summed E-state index contributed by atoms with van der Waals surface area (Å²) in [5, 5.41) is 1.09. The van der Waals surface area contributed by atoms with Gasteiger partial charge in [0.05, 0.1) is 0 Å². The summed E-state index contributed by atoms with van der Waals surface area (Å²) in [5.74, 6) is 0. The maximum absolute atomic E-state index is 4.47. The topological polar surface area (TPSA) is 12.9 Å². The lowest BCUT2D eigenvalue weighted by Crippen LogP contribution is -1.80. The van der Waals surface area contributed by atoms with Crippen molar-refractivity contribution in [3.63, 3.8) is 0 Å². The molecule has 1 aromatic carbocycles. The fourth-order valence-corrected chi connectivity index (χ4v) is 2.73. The van der Waals surface area contributed by atoms with Crippen molar-refractivity contribution in [2.24, 2.45) is 0 Å². The minimum atomic E-state index is 0.960. The third-order valence-electron chi connectivity index (χ3n) is 2.35. The van der Waals surface area contributed by atoms with Crippen LogP contribution in [0.3, 0.4) is 0 Å². The van der Waals surface area contributed by atoms with Crippen LogP contribution in [0, 0.1) is 6.92 Å². The SMILES string of the molecule is CCc1ccc(-c2nc(Br)c(C)s2)cc1. The Kier molecular flexibility index (Phi) is 3.22. The zero-order chi connectivity index (χ0) is 10.8. The van der Waals surface area contributed by atoms with E-state index >= 15 is 0 Å². The average molecular weight is 282 g/mol. The van der Waals surface area contributed by atoms with E-state index in [-0.39, 0.29) is 0 Å². The quantitative estimate of drug-likeness (QED) is 0.793. The molecule has 1 heterocycles. The molecule has 0 aliphatic carbocycles. The number of hydrogen-bond donors (Lipinski definition) is 0. The van der Waals surface area contributed by atoms with Crippen molar-refractivity contribution in [1.29, 1.82) is 0 Å². The van der Waals surface area contributed by atoms with Crippen LogP contribution in [0.15, 0.2) is 28.9 Å². The summed E-state index contributed by atoms with van der Waals surface area (Å²) < 4.78 is 0.960. The molecule has 0 atom stereocenters. The van der Waals surface area contributed by atoms with Crippen molar-refractivity contribution in [1.82, 2.24) is 4.98 Å². The van der Waals surface area contributed by atoms with Crippen LogP contribution >= 0.6 is 27.3 Å². The standard InChI is InChI=1S/C12H12BrNS/c1-3-9-4-6-10(7-5-9)12-14-11(13)8(2)15-12/h4-7H,3H2,1-2H3. The van der Waals surface area contributed by atoms with Crippen LogP contribution in [-0.2, 0) is 6.42 Å². The number of aromatic nitrogens is 1. The molecule has 1 aromatic heterocycles. The lowest BCUT2D eigenvalue weighted by molar-refractivity contribution is 1.14. The van der Waals surface area contributed by atoms with E-state index < -0.39 is 0 Å². The molecule has 0 saturated heterocycles. The Morgan fingerprint density at radius 3 is 2.40 bits per heavy atom. The Morgan fingerprint density at radius 2 is 1.93 bits per heavy atom. The van der Waals surface area contributed by atoms with Gasteiger partial charge in [0.2, 0.25) is 0 Å². The highest BCUT2D eigenvalue weighted by molar-refractivity contribution is 9.10. The zero-order valence-electron chi connectivity index (χ0n) is 8.75. The van der Waals surface area contributed by atoms with Gasteiger partial charge in [-0.3, -0.25) is 0 Å². The number of halogens is 1. The summed E-state index contributed by atoms with van der Waals surface area (Å²) in [4.78, 5) is 5.70. The molecule has 0 saturated carbocycles. The highest BCUT2D eigenvalue weighted by atomic mass is 79.9. The van der Waals surface area contributed by atoms with Gasteiger partial charge in [-0.25, -0.2) is 4.98 Å². The molecule has 0 aliphatic heterocycles. The Labute approximate surface area is 102 Å². The summed E-state index contributed by atoms with van der Waals surface area (Å²) >= 11 is 5.16. The number of thiazole rings is 1. The monoisotopic (exact) mass is 281 g/mol. The second-order valence-corrected chi connectivity index (χ2v) is 5.37. The highest BCUT2D eigenvalue weighted by Gasteiger charge is 2.06. The Balaban J connectivity index is 2.37. The molecule has 0 N–H and O–H groups in total. The lowest BCUT2D eigenvalue weighted by atomic mass is 10.1. The van der Waals surface area contributed by atoms with Crippen LogP contribution < -0.4 is 0 Å². The van der Waals surface area contributed by atoms with Gasteiger partial charge in [0.15, 0.2) is 0 Å². The van der Waals surface area contributed by atoms with Crippen LogP contribution in [-0.4, -0.2) is 4.98 Å². The van der Waals surface area contributed by atoms with E-state index in [2.05, 4.69) is 59.0 Å². The zero-order valence-corrected chi connectivity index (χ0v) is 11.2. The normalized spacial score (nSPS) is 10.6. The summed E-state index contributed by atoms with van der Waals surface area (Å²) in [6.45, 7) is 4.24. The Morgan fingerprint density at radius 1 is 1.27 bits per heavy atom. The number of hydrogen-bond acceptors (Lipinski definition) is 2. The van der Waals surface area contributed by atoms with Gasteiger partial charge >= 0.3 is 0 Å². The third kappa shape index (κ3) is 2.29. The molecule has 2 aromatic rings. The van der Waals surface area contributed by atoms with Gasteiger partial charge in [-0.15, -0.1) is 11.3 Å². The fourth-order valence-electron chi connectivity index (χ4n) is 1.38. The fraction of sp³-hybridized carbons (Fsp3) is 0.250. The van der Waals surface area contributed by atoms with E-state index in [0.29, 0.717) is 0 Å². The molecule has 0 fully saturated rings. The van der Waals surface area contributed by atoms with E-state index in [9.17, 15) is 0 Å². The Hall–Kier alpha value is -0.670. The first kappa shape index (κ1) is 10.8. The van der Waals surface area contributed by atoms with Gasteiger partial charge in [0.1, 0.15) is 9.61 Å². The molecule has 0 aliphatic rings. The van der Waals surface area contributed by atoms with E-state index in [1.165, 1.54) is 16.0 Å². The predicted octanol–water partition coefficient (Wildman–Crippen LogP) is 4.44. The molecule has 1 nitrogen and oxygen atoms in total. The molecule has 78 valence electrons. The second kappa shape index (κ2) is 4.45. The van der Waals surface area contributed by atoms with E-state index in [1.54, 1.807) is 11.3 Å². The smallest absolute Gasteiger partial charge is 0.124 e. The van der Waals surface area contributed by atoms with Gasteiger partial charge in [-0.05, 0) is 34.8 Å². The highest BCUT2D eigenvalue weighted by Crippen LogP contribution is 2.30. The van der Waals surface area contributed by atoms with Crippen molar-refractivity contribution in [3.8, 4) is 10.6 Å². The first-order valence-corrected chi connectivity index (χ1v) is 6.54. The predicted molar refractivity (Wildman–Crippen MR) is 69.4 cm³/mol. The molecule has 3 heteroatoms. The molecule has 0 unspecified atom stereocenters. The molecule has 15 heavy (non-hydrogen) atoms. The van der Waals surface area contributed by atoms with Crippen LogP contribution in [0.4, 0.5) is 0 Å². The largest absolute Gasteiger partial charge is 0.229 e. The van der Waals surface area contributed by atoms with Crippen LogP contribution in [0.2, 0.25) is 0 Å². The van der Waals surface area contributed by atoms with E-state index in [0.717, 1.165) is 16.0 Å². The maximum atomic E-state index is 4.47. The first-order valence-electron chi connectivity index (χ1n) is 4.93. The Bertz CT molecular complexity index is 439. The molecular formula is C12H12BrNS. The summed E-state index contributed by atoms with van der Waals surface area (Å²) in [6, 6.07) is 8.62.